The van der Waals surface area contributed by atoms with Crippen molar-refractivity contribution in [2.45, 2.75) is 13.1 Å². The molecule has 0 aromatic heterocycles. The van der Waals surface area contributed by atoms with E-state index in [2.05, 4.69) is 11.0 Å². The van der Waals surface area contributed by atoms with E-state index in [9.17, 15) is 4.79 Å². The molecule has 0 aliphatic rings. The molecule has 2 rings (SSSR count). The molecule has 0 unspecified atom stereocenters. The summed E-state index contributed by atoms with van der Waals surface area (Å²) >= 11 is 0. The van der Waals surface area contributed by atoms with Gasteiger partial charge in [0.25, 0.3) is 0 Å². The van der Waals surface area contributed by atoms with Crippen molar-refractivity contribution in [3.8, 4) is 0 Å². The lowest BCUT2D eigenvalue weighted by Crippen LogP contribution is -2.21. The van der Waals surface area contributed by atoms with Gasteiger partial charge in [0.05, 0.1) is 0 Å². The molecule has 20 heavy (non-hydrogen) atoms. The van der Waals surface area contributed by atoms with Gasteiger partial charge in [0.15, 0.2) is 0 Å². The highest BCUT2D eigenvalue weighted by Gasteiger charge is 2.02. The van der Waals surface area contributed by atoms with E-state index < -0.39 is 0 Å². The average molecular weight is 267 g/mol. The second-order valence-electron chi connectivity index (χ2n) is 5.02. The largest absolute Gasteiger partial charge is 0.334 e. The lowest BCUT2D eigenvalue weighted by atomic mass is 10.1. The Bertz CT molecular complexity index is 552. The highest BCUT2D eigenvalue weighted by Crippen LogP contribution is 2.17. The molecule has 0 aliphatic heterocycles. The zero-order chi connectivity index (χ0) is 14.4. The Morgan fingerprint density at radius 2 is 1.75 bits per heavy atom. The van der Waals surface area contributed by atoms with Gasteiger partial charge in [-0.05, 0) is 19.7 Å². The number of hydrogen-bond donors (Lipinski definition) is 0. The molecule has 0 bridgehead atoms. The van der Waals surface area contributed by atoms with E-state index in [1.54, 1.807) is 4.90 Å². The predicted molar refractivity (Wildman–Crippen MR) is 81.4 cm³/mol. The van der Waals surface area contributed by atoms with Crippen LogP contribution >= 0.6 is 0 Å². The Morgan fingerprint density at radius 1 is 1.00 bits per heavy atom. The standard InChI is InChI=1S/C17H19N2O/c1-18(2)12-16-9-6-10-17(11-16)19(14-20)13-15-7-4-3-5-8-15/h3-10,14H,12-13H2,1-2H3/q-1. The molecular weight excluding hydrogens is 248 g/mol. The Balaban J connectivity index is 2.17. The molecule has 0 atom stereocenters. The van der Waals surface area contributed by atoms with Gasteiger partial charge < -0.3 is 9.80 Å². The first kappa shape index (κ1) is 14.3. The Morgan fingerprint density at radius 3 is 2.40 bits per heavy atom. The highest BCUT2D eigenvalue weighted by molar-refractivity contribution is 5.74. The van der Waals surface area contributed by atoms with Gasteiger partial charge in [-0.3, -0.25) is 4.79 Å². The summed E-state index contributed by atoms with van der Waals surface area (Å²) in [5, 5.41) is 0. The fourth-order valence-electron chi connectivity index (χ4n) is 2.06. The van der Waals surface area contributed by atoms with Gasteiger partial charge in [0, 0.05) is 13.1 Å². The van der Waals surface area contributed by atoms with Gasteiger partial charge in [-0.1, -0.05) is 36.0 Å². The van der Waals surface area contributed by atoms with Crippen LogP contribution in [0.4, 0.5) is 5.69 Å². The number of rotatable bonds is 6. The third-order valence-corrected chi connectivity index (χ3v) is 2.96. The fourth-order valence-corrected chi connectivity index (χ4v) is 2.06. The summed E-state index contributed by atoms with van der Waals surface area (Å²) in [5.41, 5.74) is 2.99. The van der Waals surface area contributed by atoms with E-state index in [-0.39, 0.29) is 0 Å². The zero-order valence-electron chi connectivity index (χ0n) is 11.9. The van der Waals surface area contributed by atoms with Gasteiger partial charge >= 0.3 is 0 Å². The molecule has 2 aromatic rings. The van der Waals surface area contributed by atoms with Crippen LogP contribution in [0.2, 0.25) is 0 Å². The molecule has 0 fully saturated rings. The van der Waals surface area contributed by atoms with Crippen molar-refractivity contribution in [3.05, 3.63) is 65.7 Å². The third kappa shape index (κ3) is 3.93. The van der Waals surface area contributed by atoms with Crippen LogP contribution in [0.3, 0.4) is 0 Å². The molecule has 1 amide bonds. The quantitative estimate of drug-likeness (QED) is 0.593. The van der Waals surface area contributed by atoms with Crippen LogP contribution in [0, 0.1) is 6.07 Å². The zero-order valence-corrected chi connectivity index (χ0v) is 11.9. The summed E-state index contributed by atoms with van der Waals surface area (Å²) < 4.78 is 0. The number of amides is 1. The van der Waals surface area contributed by atoms with Crippen LogP contribution in [0.1, 0.15) is 11.1 Å². The monoisotopic (exact) mass is 267 g/mol. The summed E-state index contributed by atoms with van der Waals surface area (Å²) in [7, 11) is 4.03. The Hall–Kier alpha value is -2.13. The van der Waals surface area contributed by atoms with E-state index in [0.717, 1.165) is 29.8 Å². The highest BCUT2D eigenvalue weighted by atomic mass is 16.1. The molecule has 0 heterocycles. The number of hydrogen-bond acceptors (Lipinski definition) is 2. The SMILES string of the molecule is CN(C)Cc1[c-]c(N(C=O)Cc2ccccc2)ccc1. The first-order valence-corrected chi connectivity index (χ1v) is 6.61. The van der Waals surface area contributed by atoms with Gasteiger partial charge in [-0.25, -0.2) is 0 Å². The van der Waals surface area contributed by atoms with E-state index in [4.69, 9.17) is 0 Å². The molecule has 0 radical (unpaired) electrons. The molecule has 104 valence electrons. The Kier molecular flexibility index (Phi) is 4.91. The minimum Gasteiger partial charge on any atom is -0.334 e. The van der Waals surface area contributed by atoms with E-state index in [1.807, 2.05) is 62.6 Å². The fraction of sp³-hybridized carbons (Fsp3) is 0.235. The molecule has 3 heteroatoms. The molecule has 0 saturated heterocycles. The molecule has 0 N–H and O–H groups in total. The van der Waals surface area contributed by atoms with Crippen molar-refractivity contribution in [1.29, 1.82) is 0 Å². The summed E-state index contributed by atoms with van der Waals surface area (Å²) in [6.07, 6.45) is 0.859. The predicted octanol–water partition coefficient (Wildman–Crippen LogP) is 2.71. The lowest BCUT2D eigenvalue weighted by molar-refractivity contribution is -0.107. The molecule has 2 aromatic carbocycles. The molecule has 0 aliphatic carbocycles. The van der Waals surface area contributed by atoms with Crippen LogP contribution in [0.15, 0.2) is 48.5 Å². The summed E-state index contributed by atoms with van der Waals surface area (Å²) in [5.74, 6) is 0. The second kappa shape index (κ2) is 6.87. The number of carbonyl (C=O) groups excluding carboxylic acids is 1. The molecule has 0 spiro atoms. The number of anilines is 1. The molecule has 3 nitrogen and oxygen atoms in total. The number of benzene rings is 2. The van der Waals surface area contributed by atoms with Gasteiger partial charge in [0.2, 0.25) is 6.41 Å². The first-order valence-electron chi connectivity index (χ1n) is 6.61. The topological polar surface area (TPSA) is 23.6 Å². The smallest absolute Gasteiger partial charge is 0.212 e. The van der Waals surface area contributed by atoms with E-state index >= 15 is 0 Å². The first-order chi connectivity index (χ1) is 9.69. The summed E-state index contributed by atoms with van der Waals surface area (Å²) in [4.78, 5) is 15.1. The van der Waals surface area contributed by atoms with Crippen molar-refractivity contribution in [2.24, 2.45) is 0 Å². The minimum absolute atomic E-state index is 0.562. The van der Waals surface area contributed by atoms with Crippen molar-refractivity contribution in [3.63, 3.8) is 0 Å². The van der Waals surface area contributed by atoms with Crippen molar-refractivity contribution in [2.75, 3.05) is 19.0 Å². The molecule has 0 saturated carbocycles. The normalized spacial score (nSPS) is 10.6. The minimum atomic E-state index is 0.562. The van der Waals surface area contributed by atoms with Crippen LogP contribution in [0.5, 0.6) is 0 Å². The maximum Gasteiger partial charge on any atom is 0.212 e. The molecular formula is C17H19N2O-. The summed E-state index contributed by atoms with van der Waals surface area (Å²) in [6, 6.07) is 19.2. The third-order valence-electron chi connectivity index (χ3n) is 2.96. The van der Waals surface area contributed by atoms with Crippen molar-refractivity contribution in [1.82, 2.24) is 4.90 Å². The van der Waals surface area contributed by atoms with Gasteiger partial charge in [0.1, 0.15) is 0 Å². The summed E-state index contributed by atoms with van der Waals surface area (Å²) in [6.45, 7) is 1.37. The average Bonchev–Trinajstić information content (AvgIpc) is 2.45. The van der Waals surface area contributed by atoms with Gasteiger partial charge in [-0.2, -0.15) is 18.2 Å². The van der Waals surface area contributed by atoms with Crippen LogP contribution in [-0.2, 0) is 17.9 Å². The Labute approximate surface area is 120 Å². The van der Waals surface area contributed by atoms with E-state index in [0.29, 0.717) is 6.54 Å². The number of nitrogens with zero attached hydrogens (tertiary/aromatic N) is 2. The van der Waals surface area contributed by atoms with Crippen LogP contribution in [0.25, 0.3) is 0 Å². The van der Waals surface area contributed by atoms with Gasteiger partial charge in [-0.15, -0.1) is 11.6 Å². The van der Waals surface area contributed by atoms with Crippen LogP contribution in [-0.4, -0.2) is 25.4 Å². The lowest BCUT2D eigenvalue weighted by Gasteiger charge is -2.24. The van der Waals surface area contributed by atoms with Crippen LogP contribution < -0.4 is 4.90 Å². The second-order valence-corrected chi connectivity index (χ2v) is 5.02. The maximum absolute atomic E-state index is 11.3. The maximum atomic E-state index is 11.3. The van der Waals surface area contributed by atoms with Crippen molar-refractivity contribution < 1.29 is 4.79 Å². The number of carbonyl (C=O) groups is 1. The van der Waals surface area contributed by atoms with E-state index in [1.165, 1.54) is 0 Å². The van der Waals surface area contributed by atoms with Crippen molar-refractivity contribution >= 4 is 12.1 Å².